The minimum Gasteiger partial charge on any atom is -0.480 e. The second-order valence-corrected chi connectivity index (χ2v) is 7.43. The van der Waals surface area contributed by atoms with E-state index < -0.39 is 72.7 Å². The van der Waals surface area contributed by atoms with Crippen molar-refractivity contribution in [3.63, 3.8) is 0 Å². The molecule has 0 aromatic carbocycles. The average molecular weight is 455 g/mol. The first-order valence-electron chi connectivity index (χ1n) is 9.72. The Morgan fingerprint density at radius 2 is 1.69 bits per heavy atom. The summed E-state index contributed by atoms with van der Waals surface area (Å²) in [6, 6.07) is -5.28. The molecular weight excluding hydrogens is 426 g/mol. The van der Waals surface area contributed by atoms with Crippen LogP contribution in [-0.4, -0.2) is 80.6 Å². The van der Waals surface area contributed by atoms with Crippen molar-refractivity contribution in [2.45, 2.75) is 50.9 Å². The molecule has 14 nitrogen and oxygen atoms in total. The molecule has 1 aromatic heterocycles. The van der Waals surface area contributed by atoms with E-state index >= 15 is 0 Å². The van der Waals surface area contributed by atoms with Gasteiger partial charge in [0.1, 0.15) is 18.1 Å². The Morgan fingerprint density at radius 3 is 2.16 bits per heavy atom. The molecule has 0 spiro atoms. The van der Waals surface area contributed by atoms with E-state index in [0.717, 1.165) is 0 Å². The molecule has 4 amide bonds. The van der Waals surface area contributed by atoms with Gasteiger partial charge in [0.2, 0.25) is 23.6 Å². The maximum atomic E-state index is 12.7. The van der Waals surface area contributed by atoms with Gasteiger partial charge in [-0.25, -0.2) is 9.78 Å². The molecule has 0 aliphatic heterocycles. The second kappa shape index (κ2) is 12.4. The summed E-state index contributed by atoms with van der Waals surface area (Å²) in [6.45, 7) is 2.32. The molecule has 178 valence electrons. The fraction of sp³-hybridized carbons (Fsp3) is 0.556. The van der Waals surface area contributed by atoms with Crippen molar-refractivity contribution in [1.82, 2.24) is 25.9 Å². The van der Waals surface area contributed by atoms with Crippen molar-refractivity contribution in [2.75, 3.05) is 6.61 Å². The number of carbonyl (C=O) groups excluding carboxylic acids is 4. The van der Waals surface area contributed by atoms with E-state index in [-0.39, 0.29) is 6.42 Å². The van der Waals surface area contributed by atoms with Crippen molar-refractivity contribution in [3.05, 3.63) is 18.2 Å². The minimum absolute atomic E-state index is 0.0888. The number of aromatic amines is 1. The van der Waals surface area contributed by atoms with Crippen LogP contribution in [0.25, 0.3) is 0 Å². The molecule has 4 unspecified atom stereocenters. The van der Waals surface area contributed by atoms with E-state index in [1.807, 2.05) is 0 Å². The summed E-state index contributed by atoms with van der Waals surface area (Å²) in [4.78, 5) is 66.6. The first kappa shape index (κ1) is 26.5. The number of aromatic nitrogens is 2. The van der Waals surface area contributed by atoms with Gasteiger partial charge >= 0.3 is 5.97 Å². The second-order valence-electron chi connectivity index (χ2n) is 7.43. The lowest BCUT2D eigenvalue weighted by atomic mass is 10.0. The topological polar surface area (TPSA) is 243 Å². The van der Waals surface area contributed by atoms with Crippen LogP contribution in [-0.2, 0) is 30.4 Å². The molecule has 0 bridgehead atoms. The molecule has 1 aromatic rings. The maximum absolute atomic E-state index is 12.7. The normalized spacial score (nSPS) is 14.7. The third-order valence-corrected chi connectivity index (χ3v) is 4.41. The van der Waals surface area contributed by atoms with E-state index in [2.05, 4.69) is 25.9 Å². The van der Waals surface area contributed by atoms with E-state index in [9.17, 15) is 24.0 Å². The summed E-state index contributed by atoms with van der Waals surface area (Å²) < 4.78 is 0. The van der Waals surface area contributed by atoms with Crippen LogP contribution in [0.4, 0.5) is 0 Å². The number of aliphatic hydroxyl groups excluding tert-OH is 1. The summed E-state index contributed by atoms with van der Waals surface area (Å²) in [5.41, 5.74) is 11.6. The Kier molecular flexibility index (Phi) is 10.2. The Morgan fingerprint density at radius 1 is 1.06 bits per heavy atom. The third-order valence-electron chi connectivity index (χ3n) is 4.41. The van der Waals surface area contributed by atoms with Gasteiger partial charge in [-0.2, -0.15) is 0 Å². The highest BCUT2D eigenvalue weighted by Gasteiger charge is 2.32. The molecular formula is C18H29N7O7. The number of primary amides is 1. The van der Waals surface area contributed by atoms with Crippen LogP contribution in [0.5, 0.6) is 0 Å². The number of hydrogen-bond acceptors (Lipinski definition) is 8. The minimum atomic E-state index is -1.57. The molecule has 0 fully saturated rings. The van der Waals surface area contributed by atoms with Gasteiger partial charge < -0.3 is 42.6 Å². The van der Waals surface area contributed by atoms with Gasteiger partial charge in [-0.1, -0.05) is 13.8 Å². The molecule has 0 aliphatic carbocycles. The quantitative estimate of drug-likeness (QED) is 0.146. The number of aliphatic carboxylic acids is 1. The monoisotopic (exact) mass is 455 g/mol. The molecule has 0 saturated heterocycles. The lowest BCUT2D eigenvalue weighted by Crippen LogP contribution is -2.59. The number of nitrogens with one attached hydrogen (secondary N) is 4. The van der Waals surface area contributed by atoms with E-state index in [1.165, 1.54) is 12.5 Å². The first-order valence-corrected chi connectivity index (χ1v) is 9.72. The molecule has 10 N–H and O–H groups in total. The lowest BCUT2D eigenvalue weighted by Gasteiger charge is -2.26. The summed E-state index contributed by atoms with van der Waals surface area (Å²) in [6.07, 6.45) is 2.41. The van der Waals surface area contributed by atoms with Crippen molar-refractivity contribution >= 4 is 29.6 Å². The van der Waals surface area contributed by atoms with Crippen LogP contribution in [0.15, 0.2) is 12.5 Å². The Hall–Kier alpha value is -3.52. The fourth-order valence-electron chi connectivity index (χ4n) is 2.65. The predicted molar refractivity (Wildman–Crippen MR) is 109 cm³/mol. The molecule has 1 heterocycles. The highest BCUT2D eigenvalue weighted by Crippen LogP contribution is 2.05. The number of aliphatic hydroxyl groups is 1. The Bertz CT molecular complexity index is 813. The molecule has 0 aliphatic rings. The smallest absolute Gasteiger partial charge is 0.328 e. The van der Waals surface area contributed by atoms with E-state index in [4.69, 9.17) is 21.7 Å². The highest BCUT2D eigenvalue weighted by atomic mass is 16.4. The predicted octanol–water partition coefficient (Wildman–Crippen LogP) is -3.66. The van der Waals surface area contributed by atoms with Crippen LogP contribution in [0.2, 0.25) is 0 Å². The maximum Gasteiger partial charge on any atom is 0.328 e. The number of carboxylic acid groups (broad SMARTS) is 1. The van der Waals surface area contributed by atoms with Crippen LogP contribution < -0.4 is 27.4 Å². The lowest BCUT2D eigenvalue weighted by molar-refractivity contribution is -0.143. The average Bonchev–Trinajstić information content (AvgIpc) is 3.21. The Balaban J connectivity index is 2.89. The number of hydrogen-bond donors (Lipinski definition) is 8. The molecule has 4 atom stereocenters. The number of amides is 4. The number of H-pyrrole nitrogens is 1. The van der Waals surface area contributed by atoms with Crippen molar-refractivity contribution in [1.29, 1.82) is 0 Å². The van der Waals surface area contributed by atoms with Crippen LogP contribution >= 0.6 is 0 Å². The summed E-state index contributed by atoms with van der Waals surface area (Å²) in [5, 5.41) is 24.9. The van der Waals surface area contributed by atoms with Crippen molar-refractivity contribution < 1.29 is 34.2 Å². The molecule has 0 saturated carbocycles. The van der Waals surface area contributed by atoms with Crippen LogP contribution in [0.1, 0.15) is 26.0 Å². The molecule has 0 radical (unpaired) electrons. The molecule has 32 heavy (non-hydrogen) atoms. The van der Waals surface area contributed by atoms with Gasteiger partial charge in [0.05, 0.1) is 25.4 Å². The third kappa shape index (κ3) is 8.31. The van der Waals surface area contributed by atoms with Crippen LogP contribution in [0.3, 0.4) is 0 Å². The summed E-state index contributed by atoms with van der Waals surface area (Å²) in [7, 11) is 0. The number of rotatable bonds is 13. The van der Waals surface area contributed by atoms with E-state index in [0.29, 0.717) is 5.69 Å². The van der Waals surface area contributed by atoms with Gasteiger partial charge in [0.25, 0.3) is 0 Å². The van der Waals surface area contributed by atoms with Gasteiger partial charge in [-0.15, -0.1) is 0 Å². The van der Waals surface area contributed by atoms with Gasteiger partial charge in [-0.05, 0) is 5.92 Å². The Labute approximate surface area is 183 Å². The van der Waals surface area contributed by atoms with Gasteiger partial charge in [0.15, 0.2) is 0 Å². The first-order chi connectivity index (χ1) is 15.0. The van der Waals surface area contributed by atoms with Crippen molar-refractivity contribution in [2.24, 2.45) is 17.4 Å². The zero-order chi connectivity index (χ0) is 24.4. The SMILES string of the molecule is CC(C)C(NC(=O)C(CC(N)=O)NC(=O)C(N)Cc1cnc[nH]1)C(=O)NC(CO)C(=O)O. The summed E-state index contributed by atoms with van der Waals surface area (Å²) in [5.74, 6) is -5.34. The van der Waals surface area contributed by atoms with Crippen LogP contribution in [0, 0.1) is 5.92 Å². The standard InChI is InChI=1S/C18H29N7O7/c1-8(2)14(17(30)24-12(6-26)18(31)32)25-16(29)11(4-13(20)27)23-15(28)10(19)3-9-5-21-7-22-9/h5,7-8,10-12,14,26H,3-4,6,19H2,1-2H3,(H2,20,27)(H,21,22)(H,23,28)(H,24,30)(H,25,29)(H,31,32). The number of nitrogens with two attached hydrogens (primary N) is 2. The number of imidazole rings is 1. The molecule has 14 heteroatoms. The highest BCUT2D eigenvalue weighted by molar-refractivity contribution is 5.96. The molecule has 1 rings (SSSR count). The summed E-state index contributed by atoms with van der Waals surface area (Å²) >= 11 is 0. The number of carbonyl (C=O) groups is 5. The van der Waals surface area contributed by atoms with E-state index in [1.54, 1.807) is 13.8 Å². The van der Waals surface area contributed by atoms with Gasteiger partial charge in [-0.3, -0.25) is 19.2 Å². The van der Waals surface area contributed by atoms with Gasteiger partial charge in [0, 0.05) is 18.3 Å². The zero-order valence-electron chi connectivity index (χ0n) is 17.7. The fourth-order valence-corrected chi connectivity index (χ4v) is 2.65. The largest absolute Gasteiger partial charge is 0.480 e. The zero-order valence-corrected chi connectivity index (χ0v) is 17.7. The number of carboxylic acids is 1. The number of nitrogens with zero attached hydrogens (tertiary/aromatic N) is 1. The van der Waals surface area contributed by atoms with Crippen molar-refractivity contribution in [3.8, 4) is 0 Å².